The van der Waals surface area contributed by atoms with Gasteiger partial charge in [-0.25, -0.2) is 0 Å². The molecule has 116 valence electrons. The smallest absolute Gasteiger partial charge is 0.165 e. The van der Waals surface area contributed by atoms with E-state index in [0.29, 0.717) is 17.7 Å². The van der Waals surface area contributed by atoms with E-state index in [-0.39, 0.29) is 18.7 Å². The maximum atomic E-state index is 10.8. The molecule has 2 aliphatic carbocycles. The van der Waals surface area contributed by atoms with Gasteiger partial charge in [0.15, 0.2) is 11.5 Å². The Morgan fingerprint density at radius 3 is 3.23 bits per heavy atom. The quantitative estimate of drug-likeness (QED) is 0.799. The third-order valence-electron chi connectivity index (χ3n) is 5.47. The summed E-state index contributed by atoms with van der Waals surface area (Å²) in [6, 6.07) is 2.76. The second-order valence-electron chi connectivity index (χ2n) is 6.30. The van der Waals surface area contributed by atoms with Gasteiger partial charge in [0, 0.05) is 28.4 Å². The molecule has 4 nitrogen and oxygen atoms in total. The molecule has 2 heterocycles. The molecule has 22 heavy (non-hydrogen) atoms. The predicted octanol–water partition coefficient (Wildman–Crippen LogP) is 1.50. The van der Waals surface area contributed by atoms with Gasteiger partial charge in [0.1, 0.15) is 12.2 Å². The Kier molecular flexibility index (Phi) is 1.54. The van der Waals surface area contributed by atoms with Crippen LogP contribution in [0.5, 0.6) is 11.5 Å². The minimum absolute atomic E-state index is 0.105. The fraction of sp³-hybridized carbons (Fsp3) is 0.556. The molecule has 0 saturated carbocycles. The van der Waals surface area contributed by atoms with E-state index in [1.54, 1.807) is 6.07 Å². The van der Waals surface area contributed by atoms with Gasteiger partial charge in [-0.1, -0.05) is 18.2 Å². The van der Waals surface area contributed by atoms with Crippen LogP contribution in [0.2, 0.25) is 0 Å². The SMILES string of the molecule is [2H]C([2H])([2H])N1CC[C@]23c4c5ccc(OC)c4OC2([2H])C([2H])(O)C=C[C@@]3([2H])[C@H]1C5. The van der Waals surface area contributed by atoms with Crippen LogP contribution >= 0.6 is 0 Å². The molecule has 1 saturated heterocycles. The van der Waals surface area contributed by atoms with E-state index in [1.165, 1.54) is 18.1 Å². The minimum Gasteiger partial charge on any atom is -0.493 e. The maximum Gasteiger partial charge on any atom is 0.165 e. The summed E-state index contributed by atoms with van der Waals surface area (Å²) in [5, 5.41) is 10.8. The molecule has 0 amide bonds. The van der Waals surface area contributed by atoms with Crippen molar-refractivity contribution in [3.63, 3.8) is 0 Å². The normalized spacial score (nSPS) is 55.6. The molecule has 1 N–H and O–H groups in total. The molecular weight excluding hydrogens is 278 g/mol. The summed E-state index contributed by atoms with van der Waals surface area (Å²) in [6.07, 6.45) is -1.67. The van der Waals surface area contributed by atoms with Gasteiger partial charge < -0.3 is 19.5 Å². The predicted molar refractivity (Wildman–Crippen MR) is 82.5 cm³/mol. The van der Waals surface area contributed by atoms with E-state index in [2.05, 4.69) is 0 Å². The summed E-state index contributed by atoms with van der Waals surface area (Å²) in [5.74, 6) is -0.884. The molecular formula is C18H21NO3. The Morgan fingerprint density at radius 2 is 2.41 bits per heavy atom. The zero-order chi connectivity index (χ0) is 20.3. The van der Waals surface area contributed by atoms with Crippen molar-refractivity contribution in [1.29, 1.82) is 0 Å². The zero-order valence-corrected chi connectivity index (χ0v) is 12.2. The maximum absolute atomic E-state index is 10.8. The largest absolute Gasteiger partial charge is 0.493 e. The van der Waals surface area contributed by atoms with Crippen LogP contribution in [-0.2, 0) is 11.8 Å². The molecule has 0 radical (unpaired) electrons. The number of piperidine rings is 1. The second kappa shape index (κ2) is 4.06. The number of nitrogens with zero attached hydrogens (tertiary/aromatic N) is 1. The summed E-state index contributed by atoms with van der Waals surface area (Å²) in [5.41, 5.74) is 0.000872. The average molecular weight is 305 g/mol. The van der Waals surface area contributed by atoms with Crippen LogP contribution in [0.25, 0.3) is 0 Å². The lowest BCUT2D eigenvalue weighted by Gasteiger charge is -2.56. The van der Waals surface area contributed by atoms with E-state index < -0.39 is 36.5 Å². The van der Waals surface area contributed by atoms with Crippen molar-refractivity contribution < 1.29 is 22.8 Å². The summed E-state index contributed by atoms with van der Waals surface area (Å²) in [7, 11) is 1.47. The Hall–Kier alpha value is -1.52. The van der Waals surface area contributed by atoms with Crippen molar-refractivity contribution >= 4 is 0 Å². The van der Waals surface area contributed by atoms with Crippen LogP contribution in [0, 0.1) is 5.89 Å². The first-order chi connectivity index (χ1) is 12.9. The first-order valence-corrected chi connectivity index (χ1v) is 7.52. The number of ether oxygens (including phenoxy) is 2. The van der Waals surface area contributed by atoms with Crippen LogP contribution in [0.3, 0.4) is 0 Å². The standard InChI is InChI=1S/C18H21NO3/c1-19-8-7-18-11-4-5-13(20)17(18)22-16-14(21-2)6-3-10(15(16)18)9-12(11)19/h3-6,11-13,17,20H,7-9H2,1-2H3/t11-,12+,13?,17?,18-/m0/s1/i1D3,11D,13D,17D. The molecule has 4 heteroatoms. The Bertz CT molecular complexity index is 917. The highest BCUT2D eigenvalue weighted by Crippen LogP contribution is 2.62. The molecule has 5 atom stereocenters. The lowest BCUT2D eigenvalue weighted by Crippen LogP contribution is -2.64. The van der Waals surface area contributed by atoms with E-state index in [0.717, 1.165) is 11.6 Å². The van der Waals surface area contributed by atoms with Crippen molar-refractivity contribution in [3.8, 4) is 11.5 Å². The second-order valence-corrected chi connectivity index (χ2v) is 6.30. The topological polar surface area (TPSA) is 41.9 Å². The van der Waals surface area contributed by atoms with E-state index >= 15 is 0 Å². The molecule has 1 aromatic rings. The Morgan fingerprint density at radius 1 is 1.50 bits per heavy atom. The monoisotopic (exact) mass is 305 g/mol. The van der Waals surface area contributed by atoms with Crippen molar-refractivity contribution in [2.75, 3.05) is 20.6 Å². The van der Waals surface area contributed by atoms with E-state index in [4.69, 9.17) is 16.3 Å². The number of likely N-dealkylation sites (tertiary alicyclic amines) is 1. The first-order valence-electron chi connectivity index (χ1n) is 10.5. The number of hydrogen-bond donors (Lipinski definition) is 1. The summed E-state index contributed by atoms with van der Waals surface area (Å²) in [4.78, 5) is 1.34. The van der Waals surface area contributed by atoms with Gasteiger partial charge in [-0.15, -0.1) is 0 Å². The molecule has 2 unspecified atom stereocenters. The zero-order valence-electron chi connectivity index (χ0n) is 18.2. The fourth-order valence-corrected chi connectivity index (χ4v) is 4.56. The summed E-state index contributed by atoms with van der Waals surface area (Å²) in [6.45, 7) is -2.27. The highest BCUT2D eigenvalue weighted by Gasteiger charge is 2.64. The number of likely N-dealkylation sites (N-methyl/N-ethyl adjacent to an activating group) is 1. The van der Waals surface area contributed by atoms with Gasteiger partial charge in [-0.3, -0.25) is 0 Å². The number of benzene rings is 1. The lowest BCUT2D eigenvalue weighted by atomic mass is 9.53. The summed E-state index contributed by atoms with van der Waals surface area (Å²) >= 11 is 0. The van der Waals surface area contributed by atoms with Gasteiger partial charge in [0.2, 0.25) is 0 Å². The van der Waals surface area contributed by atoms with Crippen LogP contribution < -0.4 is 9.47 Å². The summed E-state index contributed by atoms with van der Waals surface area (Å²) < 4.78 is 62.2. The van der Waals surface area contributed by atoms with Crippen molar-refractivity contribution in [1.82, 2.24) is 4.90 Å². The number of methoxy groups -OCH3 is 1. The molecule has 4 aliphatic rings. The van der Waals surface area contributed by atoms with E-state index in [1.807, 2.05) is 6.07 Å². The van der Waals surface area contributed by atoms with E-state index in [9.17, 15) is 6.48 Å². The van der Waals surface area contributed by atoms with Crippen molar-refractivity contribution in [2.24, 2.45) is 5.89 Å². The molecule has 1 fully saturated rings. The van der Waals surface area contributed by atoms with Crippen LogP contribution in [0.1, 0.15) is 25.8 Å². The van der Waals surface area contributed by atoms with Gasteiger partial charge in [-0.2, -0.15) is 0 Å². The van der Waals surface area contributed by atoms with Gasteiger partial charge in [0.25, 0.3) is 0 Å². The lowest BCUT2D eigenvalue weighted by molar-refractivity contribution is -0.0453. The molecule has 2 aliphatic heterocycles. The third-order valence-corrected chi connectivity index (χ3v) is 5.47. The Balaban J connectivity index is 1.87. The molecule has 2 bridgehead atoms. The molecule has 1 aromatic carbocycles. The van der Waals surface area contributed by atoms with Gasteiger partial charge in [0.05, 0.1) is 9.85 Å². The van der Waals surface area contributed by atoms with Crippen molar-refractivity contribution in [3.05, 3.63) is 35.4 Å². The number of hydrogen-bond acceptors (Lipinski definition) is 4. The fourth-order valence-electron chi connectivity index (χ4n) is 4.56. The highest BCUT2D eigenvalue weighted by molar-refractivity contribution is 5.62. The van der Waals surface area contributed by atoms with Gasteiger partial charge in [-0.05, 0) is 38.0 Å². The molecule has 0 aromatic heterocycles. The van der Waals surface area contributed by atoms with Gasteiger partial charge >= 0.3 is 0 Å². The Labute approximate surface area is 138 Å². The highest BCUT2D eigenvalue weighted by atomic mass is 16.5. The van der Waals surface area contributed by atoms with Crippen LogP contribution in [0.4, 0.5) is 0 Å². The molecule has 5 rings (SSSR count). The average Bonchev–Trinajstić information content (AvgIpc) is 2.87. The molecule has 1 spiro atoms. The number of rotatable bonds is 1. The van der Waals surface area contributed by atoms with Crippen LogP contribution in [-0.4, -0.2) is 48.8 Å². The van der Waals surface area contributed by atoms with Crippen molar-refractivity contribution in [2.45, 2.75) is 36.5 Å². The first kappa shape index (κ1) is 8.37. The number of aliphatic hydroxyl groups is 1. The minimum atomic E-state index is -2.40. The van der Waals surface area contributed by atoms with Crippen LogP contribution in [0.15, 0.2) is 24.3 Å². The third kappa shape index (κ3) is 1.28.